The van der Waals surface area contributed by atoms with E-state index in [2.05, 4.69) is 4.99 Å². The van der Waals surface area contributed by atoms with Gasteiger partial charge in [0.05, 0.1) is 27.0 Å². The molecule has 0 N–H and O–H groups in total. The summed E-state index contributed by atoms with van der Waals surface area (Å²) in [4.78, 5) is 5.10. The molecular formula is C20H23N3O4S. The topological polar surface area (TPSA) is 70.5 Å². The van der Waals surface area contributed by atoms with E-state index in [4.69, 9.17) is 23.7 Å². The first-order valence-corrected chi connectivity index (χ1v) is 9.46. The summed E-state index contributed by atoms with van der Waals surface area (Å²) >= 11 is 1.50. The maximum atomic E-state index is 5.69. The Bertz CT molecular complexity index is 1050. The molecule has 0 saturated heterocycles. The van der Waals surface area contributed by atoms with Crippen molar-refractivity contribution >= 4 is 17.0 Å². The van der Waals surface area contributed by atoms with Gasteiger partial charge in [-0.25, -0.2) is 4.68 Å². The quantitative estimate of drug-likeness (QED) is 0.587. The third-order valence-corrected chi connectivity index (χ3v) is 5.09. The molecule has 0 atom stereocenters. The molecule has 0 aliphatic carbocycles. The molecule has 8 heteroatoms. The average molecular weight is 401 g/mol. The molecule has 0 saturated carbocycles. The van der Waals surface area contributed by atoms with Crippen LogP contribution in [0.5, 0.6) is 17.2 Å². The Morgan fingerprint density at radius 2 is 1.75 bits per heavy atom. The number of hydrogen-bond acceptors (Lipinski definition) is 7. The van der Waals surface area contributed by atoms with Crippen LogP contribution in [0.3, 0.4) is 0 Å². The van der Waals surface area contributed by atoms with Gasteiger partial charge in [0.15, 0.2) is 11.5 Å². The summed E-state index contributed by atoms with van der Waals surface area (Å²) in [5, 5.41) is 6.74. The van der Waals surface area contributed by atoms with Crippen LogP contribution in [0, 0.1) is 6.92 Å². The molecule has 0 unspecified atom stereocenters. The summed E-state index contributed by atoms with van der Waals surface area (Å²) in [7, 11) is 6.51. The molecule has 0 aliphatic heterocycles. The Morgan fingerprint density at radius 1 is 1.07 bits per heavy atom. The van der Waals surface area contributed by atoms with Crippen LogP contribution in [0.25, 0.3) is 11.3 Å². The number of thiazole rings is 1. The Morgan fingerprint density at radius 3 is 2.25 bits per heavy atom. The lowest BCUT2D eigenvalue weighted by molar-refractivity contribution is 0.324. The van der Waals surface area contributed by atoms with Crippen LogP contribution in [0.15, 0.2) is 44.2 Å². The smallest absolute Gasteiger partial charge is 0.205 e. The monoisotopic (exact) mass is 401 g/mol. The highest BCUT2D eigenvalue weighted by Crippen LogP contribution is 2.41. The second-order valence-electron chi connectivity index (χ2n) is 5.95. The van der Waals surface area contributed by atoms with Crippen molar-refractivity contribution in [3.8, 4) is 28.5 Å². The molecule has 0 radical (unpaired) electrons. The van der Waals surface area contributed by atoms with Crippen LogP contribution in [-0.4, -0.2) is 38.8 Å². The third-order valence-electron chi connectivity index (χ3n) is 4.18. The molecule has 148 valence electrons. The minimum Gasteiger partial charge on any atom is -0.493 e. The number of nitrogens with zero attached hydrogens (tertiary/aromatic N) is 3. The van der Waals surface area contributed by atoms with Gasteiger partial charge in [-0.05, 0) is 38.1 Å². The van der Waals surface area contributed by atoms with Gasteiger partial charge < -0.3 is 18.6 Å². The number of furan rings is 1. The lowest BCUT2D eigenvalue weighted by atomic mass is 10.1. The second kappa shape index (κ2) is 8.35. The maximum Gasteiger partial charge on any atom is 0.205 e. The minimum atomic E-state index is 0.543. The predicted octanol–water partition coefficient (Wildman–Crippen LogP) is 3.95. The van der Waals surface area contributed by atoms with Crippen molar-refractivity contribution in [3.05, 3.63) is 46.0 Å². The zero-order valence-corrected chi connectivity index (χ0v) is 17.6. The summed E-state index contributed by atoms with van der Waals surface area (Å²) in [5.74, 6) is 3.25. The van der Waals surface area contributed by atoms with Crippen molar-refractivity contribution in [2.24, 2.45) is 10.1 Å². The number of hydrogen-bond donors (Lipinski definition) is 0. The van der Waals surface area contributed by atoms with Gasteiger partial charge in [-0.1, -0.05) is 0 Å². The number of methoxy groups -OCH3 is 3. The van der Waals surface area contributed by atoms with E-state index in [-0.39, 0.29) is 0 Å². The molecule has 0 aliphatic rings. The van der Waals surface area contributed by atoms with Crippen molar-refractivity contribution in [1.29, 1.82) is 0 Å². The van der Waals surface area contributed by atoms with Crippen molar-refractivity contribution in [3.63, 3.8) is 0 Å². The third kappa shape index (κ3) is 3.68. The first-order valence-electron chi connectivity index (χ1n) is 8.58. The largest absolute Gasteiger partial charge is 0.493 e. The van der Waals surface area contributed by atoms with Crippen LogP contribution in [0.2, 0.25) is 0 Å². The van der Waals surface area contributed by atoms with Gasteiger partial charge in [0.25, 0.3) is 0 Å². The van der Waals surface area contributed by atoms with E-state index < -0.39 is 0 Å². The number of ether oxygens (including phenoxy) is 3. The van der Waals surface area contributed by atoms with E-state index in [1.165, 1.54) is 11.3 Å². The maximum absolute atomic E-state index is 5.69. The van der Waals surface area contributed by atoms with Crippen LogP contribution in [-0.2, 0) is 0 Å². The van der Waals surface area contributed by atoms with Gasteiger partial charge in [0.1, 0.15) is 17.2 Å². The van der Waals surface area contributed by atoms with Gasteiger partial charge in [-0.2, -0.15) is 5.10 Å². The molecule has 3 aromatic rings. The molecule has 0 bridgehead atoms. The normalized spacial score (nSPS) is 12.4. The highest BCUT2D eigenvalue weighted by atomic mass is 32.1. The van der Waals surface area contributed by atoms with Crippen LogP contribution in [0.1, 0.15) is 18.4 Å². The number of aromatic nitrogens is 1. The van der Waals surface area contributed by atoms with Gasteiger partial charge in [0.2, 0.25) is 10.6 Å². The fourth-order valence-corrected chi connectivity index (χ4v) is 3.60. The lowest BCUT2D eigenvalue weighted by Gasteiger charge is -2.14. The Kier molecular flexibility index (Phi) is 5.89. The second-order valence-corrected chi connectivity index (χ2v) is 6.79. The van der Waals surface area contributed by atoms with E-state index in [9.17, 15) is 0 Å². The van der Waals surface area contributed by atoms with Crippen molar-refractivity contribution in [1.82, 2.24) is 4.68 Å². The van der Waals surface area contributed by atoms with Crippen molar-refractivity contribution in [2.75, 3.05) is 28.4 Å². The first-order chi connectivity index (χ1) is 13.5. The standard InChI is InChI=1S/C20H23N3O4S/c1-12-7-8-16(27-12)13(2)22-23-15(11-28-20(23)21-3)14-9-17(24-4)19(26-6)18(10-14)25-5/h7-11H,1-6H3. The van der Waals surface area contributed by atoms with Crippen LogP contribution in [0.4, 0.5) is 0 Å². The van der Waals surface area contributed by atoms with Gasteiger partial charge in [0, 0.05) is 18.0 Å². The van der Waals surface area contributed by atoms with E-state index in [1.807, 2.05) is 43.5 Å². The molecule has 0 fully saturated rings. The Balaban J connectivity index is 2.18. The van der Waals surface area contributed by atoms with Gasteiger partial charge >= 0.3 is 0 Å². The van der Waals surface area contributed by atoms with Gasteiger partial charge in [-0.15, -0.1) is 11.3 Å². The first kappa shape index (κ1) is 19.8. The number of aryl methyl sites for hydroxylation is 1. The molecule has 2 aromatic heterocycles. The lowest BCUT2D eigenvalue weighted by Crippen LogP contribution is -2.13. The fourth-order valence-electron chi connectivity index (χ4n) is 2.80. The highest BCUT2D eigenvalue weighted by molar-refractivity contribution is 7.07. The van der Waals surface area contributed by atoms with Crippen molar-refractivity contribution in [2.45, 2.75) is 13.8 Å². The average Bonchev–Trinajstić information content (AvgIpc) is 3.32. The van der Waals surface area contributed by atoms with Crippen LogP contribution < -0.4 is 19.0 Å². The number of benzene rings is 1. The number of rotatable bonds is 6. The fraction of sp³-hybridized carbons (Fsp3) is 0.300. The molecule has 7 nitrogen and oxygen atoms in total. The molecule has 28 heavy (non-hydrogen) atoms. The zero-order chi connectivity index (χ0) is 20.3. The van der Waals surface area contributed by atoms with Crippen LogP contribution >= 0.6 is 11.3 Å². The summed E-state index contributed by atoms with van der Waals surface area (Å²) in [5.41, 5.74) is 2.47. The summed E-state index contributed by atoms with van der Waals surface area (Å²) < 4.78 is 23.9. The van der Waals surface area contributed by atoms with E-state index in [0.717, 1.165) is 27.5 Å². The molecule has 0 spiro atoms. The van der Waals surface area contributed by atoms with Crippen molar-refractivity contribution < 1.29 is 18.6 Å². The molecular weight excluding hydrogens is 378 g/mol. The molecule has 3 rings (SSSR count). The summed E-state index contributed by atoms with van der Waals surface area (Å²) in [6.07, 6.45) is 0. The molecule has 2 heterocycles. The summed E-state index contributed by atoms with van der Waals surface area (Å²) in [6.45, 7) is 3.81. The zero-order valence-electron chi connectivity index (χ0n) is 16.8. The predicted molar refractivity (Wildman–Crippen MR) is 110 cm³/mol. The Hall–Kier alpha value is -3.00. The minimum absolute atomic E-state index is 0.543. The van der Waals surface area contributed by atoms with E-state index in [0.29, 0.717) is 23.0 Å². The highest BCUT2D eigenvalue weighted by Gasteiger charge is 2.17. The van der Waals surface area contributed by atoms with Gasteiger partial charge in [-0.3, -0.25) is 4.99 Å². The Labute approximate surface area is 167 Å². The van der Waals surface area contributed by atoms with E-state index >= 15 is 0 Å². The summed E-state index contributed by atoms with van der Waals surface area (Å²) in [6, 6.07) is 7.60. The molecule has 1 aromatic carbocycles. The molecule has 0 amide bonds. The SMILES string of the molecule is CN=c1scc(-c2cc(OC)c(OC)c(OC)c2)n1N=C(C)c1ccc(C)o1. The van der Waals surface area contributed by atoms with E-state index in [1.54, 1.807) is 33.1 Å².